The summed E-state index contributed by atoms with van der Waals surface area (Å²) in [5.74, 6) is 0. The van der Waals surface area contributed by atoms with Crippen LogP contribution in [0.2, 0.25) is 0 Å². The third-order valence-electron chi connectivity index (χ3n) is 2.45. The molecule has 0 aromatic heterocycles. The van der Waals surface area contributed by atoms with Crippen LogP contribution >= 0.6 is 0 Å². The van der Waals surface area contributed by atoms with E-state index in [1.165, 1.54) is 10.6 Å². The first-order chi connectivity index (χ1) is 6.54. The van der Waals surface area contributed by atoms with Crippen LogP contribution in [0.15, 0.2) is 0 Å². The quantitative estimate of drug-likeness (QED) is 0.729. The fraction of sp³-hybridized carbons (Fsp3) is 1.00. The molecule has 1 heterocycles. The van der Waals surface area contributed by atoms with E-state index in [2.05, 4.69) is 5.32 Å². The molecule has 1 aliphatic rings. The van der Waals surface area contributed by atoms with E-state index in [4.69, 9.17) is 0 Å². The Bertz CT molecular complexity index is 261. The topological polar surface area (TPSA) is 49.4 Å². The van der Waals surface area contributed by atoms with Gasteiger partial charge in [-0.25, -0.2) is 17.1 Å². The molecular formula is C8H17FN2O2S. The summed E-state index contributed by atoms with van der Waals surface area (Å²) < 4.78 is 35.6. The lowest BCUT2D eigenvalue weighted by Crippen LogP contribution is -2.44. The van der Waals surface area contributed by atoms with Crippen LogP contribution in [0.25, 0.3) is 0 Å². The van der Waals surface area contributed by atoms with Gasteiger partial charge in [-0.15, -0.1) is 0 Å². The Labute approximate surface area is 84.5 Å². The average molecular weight is 224 g/mol. The number of halogens is 1. The summed E-state index contributed by atoms with van der Waals surface area (Å²) in [7, 11) is -3.04. The molecule has 0 radical (unpaired) electrons. The molecule has 0 unspecified atom stereocenters. The minimum absolute atomic E-state index is 0.267. The van der Waals surface area contributed by atoms with Gasteiger partial charge in [-0.05, 0) is 12.8 Å². The monoisotopic (exact) mass is 224 g/mol. The summed E-state index contributed by atoms with van der Waals surface area (Å²) in [6.07, 6.45) is 2.77. The van der Waals surface area contributed by atoms with Gasteiger partial charge in [-0.1, -0.05) is 0 Å². The Morgan fingerprint density at radius 3 is 2.43 bits per heavy atom. The fourth-order valence-corrected chi connectivity index (χ4v) is 2.52. The third kappa shape index (κ3) is 3.51. The van der Waals surface area contributed by atoms with Gasteiger partial charge in [0.15, 0.2) is 0 Å². The fourth-order valence-electron chi connectivity index (χ4n) is 1.65. The standard InChI is InChI=1S/C8H17FN2O2S/c1-14(12,13)11-6-2-8(3-7-11)10-5-4-9/h8,10H,2-7H2,1H3. The van der Waals surface area contributed by atoms with E-state index >= 15 is 0 Å². The molecular weight excluding hydrogens is 207 g/mol. The summed E-state index contributed by atoms with van der Waals surface area (Å²) in [6.45, 7) is 1.08. The van der Waals surface area contributed by atoms with Gasteiger partial charge < -0.3 is 5.32 Å². The number of nitrogens with zero attached hydrogens (tertiary/aromatic N) is 1. The molecule has 1 fully saturated rings. The van der Waals surface area contributed by atoms with Crippen LogP contribution < -0.4 is 5.32 Å². The number of alkyl halides is 1. The van der Waals surface area contributed by atoms with E-state index in [9.17, 15) is 12.8 Å². The Balaban J connectivity index is 2.31. The van der Waals surface area contributed by atoms with Crippen molar-refractivity contribution in [1.29, 1.82) is 0 Å². The third-order valence-corrected chi connectivity index (χ3v) is 3.75. The van der Waals surface area contributed by atoms with E-state index < -0.39 is 10.0 Å². The van der Waals surface area contributed by atoms with Crippen molar-refractivity contribution in [2.75, 3.05) is 32.6 Å². The number of sulfonamides is 1. The van der Waals surface area contributed by atoms with Crippen molar-refractivity contribution >= 4 is 10.0 Å². The van der Waals surface area contributed by atoms with Crippen molar-refractivity contribution in [3.63, 3.8) is 0 Å². The molecule has 4 nitrogen and oxygen atoms in total. The summed E-state index contributed by atoms with van der Waals surface area (Å²) in [5, 5.41) is 3.05. The van der Waals surface area contributed by atoms with Gasteiger partial charge >= 0.3 is 0 Å². The molecule has 1 aliphatic heterocycles. The number of nitrogens with one attached hydrogen (secondary N) is 1. The van der Waals surface area contributed by atoms with Crippen LogP contribution in [0.5, 0.6) is 0 Å². The first kappa shape index (κ1) is 11.9. The van der Waals surface area contributed by atoms with Crippen LogP contribution in [-0.4, -0.2) is 51.3 Å². The molecule has 0 spiro atoms. The largest absolute Gasteiger partial charge is 0.311 e. The minimum Gasteiger partial charge on any atom is -0.311 e. The molecule has 0 aromatic rings. The summed E-state index contributed by atoms with van der Waals surface area (Å²) in [4.78, 5) is 0. The van der Waals surface area contributed by atoms with Gasteiger partial charge in [-0.3, -0.25) is 0 Å². The molecule has 0 aromatic carbocycles. The summed E-state index contributed by atoms with van der Waals surface area (Å²) >= 11 is 0. The van der Waals surface area contributed by atoms with E-state index in [-0.39, 0.29) is 12.7 Å². The van der Waals surface area contributed by atoms with Crippen molar-refractivity contribution < 1.29 is 12.8 Å². The maximum Gasteiger partial charge on any atom is 0.211 e. The maximum absolute atomic E-state index is 11.8. The van der Waals surface area contributed by atoms with Gasteiger partial charge in [0.1, 0.15) is 6.67 Å². The van der Waals surface area contributed by atoms with E-state index in [1.807, 2.05) is 0 Å². The van der Waals surface area contributed by atoms with Gasteiger partial charge in [0.2, 0.25) is 10.0 Å². The first-order valence-electron chi connectivity index (χ1n) is 4.78. The minimum atomic E-state index is -3.04. The maximum atomic E-state index is 11.8. The second kappa shape index (κ2) is 5.04. The summed E-state index contributed by atoms with van der Waals surface area (Å²) in [5.41, 5.74) is 0. The molecule has 14 heavy (non-hydrogen) atoms. The second-order valence-corrected chi connectivity index (χ2v) is 5.56. The van der Waals surface area contributed by atoms with Crippen molar-refractivity contribution in [3.05, 3.63) is 0 Å². The van der Waals surface area contributed by atoms with Crippen molar-refractivity contribution in [2.24, 2.45) is 0 Å². The molecule has 0 aliphatic carbocycles. The molecule has 0 atom stereocenters. The Morgan fingerprint density at radius 2 is 2.00 bits per heavy atom. The van der Waals surface area contributed by atoms with Crippen LogP contribution in [0, 0.1) is 0 Å². The average Bonchev–Trinajstić information content (AvgIpc) is 2.14. The molecule has 1 N–H and O–H groups in total. The number of hydrogen-bond donors (Lipinski definition) is 1. The lowest BCUT2D eigenvalue weighted by Gasteiger charge is -2.30. The molecule has 0 amide bonds. The van der Waals surface area contributed by atoms with Gasteiger partial charge in [0.05, 0.1) is 6.26 Å². The van der Waals surface area contributed by atoms with Crippen molar-refractivity contribution in [3.8, 4) is 0 Å². The highest BCUT2D eigenvalue weighted by atomic mass is 32.2. The van der Waals surface area contributed by atoms with Crippen LogP contribution in [0.1, 0.15) is 12.8 Å². The predicted octanol–water partition coefficient (Wildman–Crippen LogP) is -0.0305. The van der Waals surface area contributed by atoms with Gasteiger partial charge in [-0.2, -0.15) is 0 Å². The van der Waals surface area contributed by atoms with Crippen molar-refractivity contribution in [2.45, 2.75) is 18.9 Å². The second-order valence-electron chi connectivity index (χ2n) is 3.58. The highest BCUT2D eigenvalue weighted by molar-refractivity contribution is 7.88. The smallest absolute Gasteiger partial charge is 0.211 e. The zero-order valence-corrected chi connectivity index (χ0v) is 9.19. The lowest BCUT2D eigenvalue weighted by molar-refractivity contribution is 0.285. The Kier molecular flexibility index (Phi) is 4.28. The van der Waals surface area contributed by atoms with Gasteiger partial charge in [0.25, 0.3) is 0 Å². The van der Waals surface area contributed by atoms with E-state index in [0.717, 1.165) is 12.8 Å². The molecule has 1 rings (SSSR count). The van der Waals surface area contributed by atoms with E-state index in [1.54, 1.807) is 0 Å². The van der Waals surface area contributed by atoms with Crippen LogP contribution in [-0.2, 0) is 10.0 Å². The SMILES string of the molecule is CS(=O)(=O)N1CCC(NCCF)CC1. The van der Waals surface area contributed by atoms with Crippen LogP contribution in [0.3, 0.4) is 0 Å². The number of piperidine rings is 1. The number of hydrogen-bond acceptors (Lipinski definition) is 3. The molecule has 84 valence electrons. The molecule has 0 bridgehead atoms. The Morgan fingerprint density at radius 1 is 1.43 bits per heavy atom. The highest BCUT2D eigenvalue weighted by Crippen LogP contribution is 2.12. The first-order valence-corrected chi connectivity index (χ1v) is 6.63. The molecule has 1 saturated heterocycles. The highest BCUT2D eigenvalue weighted by Gasteiger charge is 2.24. The lowest BCUT2D eigenvalue weighted by atomic mass is 10.1. The summed E-state index contributed by atoms with van der Waals surface area (Å²) in [6, 6.07) is 0.267. The predicted molar refractivity (Wildman–Crippen MR) is 53.4 cm³/mol. The van der Waals surface area contributed by atoms with Crippen molar-refractivity contribution in [1.82, 2.24) is 9.62 Å². The normalized spacial score (nSPS) is 21.3. The Hall–Kier alpha value is -0.200. The van der Waals surface area contributed by atoms with Gasteiger partial charge in [0, 0.05) is 25.7 Å². The zero-order chi connectivity index (χ0) is 10.6. The zero-order valence-electron chi connectivity index (χ0n) is 8.37. The number of rotatable bonds is 4. The molecule has 6 heteroatoms. The van der Waals surface area contributed by atoms with E-state index in [0.29, 0.717) is 19.6 Å². The van der Waals surface area contributed by atoms with Crippen LogP contribution in [0.4, 0.5) is 4.39 Å². The molecule has 0 saturated carbocycles.